The van der Waals surface area contributed by atoms with Crippen LogP contribution in [0.15, 0.2) is 0 Å². The molecule has 10 heteroatoms. The maximum absolute atomic E-state index is 10.3. The highest BCUT2D eigenvalue weighted by molar-refractivity contribution is 6.23. The second-order valence-corrected chi connectivity index (χ2v) is 5.05. The number of phenolic OH excluding ortho intramolecular Hbond substituents is 9. The molecule has 0 saturated carbocycles. The van der Waals surface area contributed by atoms with Crippen molar-refractivity contribution in [3.8, 4) is 51.7 Å². The first-order chi connectivity index (χ1) is 11.1. The molecule has 126 valence electrons. The van der Waals surface area contributed by atoms with E-state index in [0.717, 1.165) is 0 Å². The lowest BCUT2D eigenvalue weighted by molar-refractivity contribution is 0.348. The van der Waals surface area contributed by atoms with E-state index >= 15 is 0 Å². The molecule has 0 spiro atoms. The quantitative estimate of drug-likeness (QED) is 0.121. The monoisotopic (exact) mass is 337 g/mol. The minimum atomic E-state index is -1.17. The van der Waals surface area contributed by atoms with Crippen LogP contribution >= 0.6 is 0 Å². The Labute approximate surface area is 131 Å². The Morgan fingerprint density at radius 3 is 0.875 bits per heavy atom. The van der Waals surface area contributed by atoms with E-state index in [2.05, 4.69) is 0 Å². The molecule has 0 amide bonds. The number of nitrogens with two attached hydrogens (primary N) is 1. The number of fused-ring (bicyclic) bond motifs is 2. The van der Waals surface area contributed by atoms with E-state index < -0.39 is 79.0 Å². The minimum Gasteiger partial charge on any atom is -0.506 e. The molecule has 3 aromatic rings. The van der Waals surface area contributed by atoms with E-state index in [-0.39, 0.29) is 0 Å². The fourth-order valence-electron chi connectivity index (χ4n) is 2.63. The molecule has 0 unspecified atom stereocenters. The summed E-state index contributed by atoms with van der Waals surface area (Å²) in [6.45, 7) is 0. The highest BCUT2D eigenvalue weighted by Crippen LogP contribution is 2.60. The lowest BCUT2D eigenvalue weighted by atomic mass is 9.95. The molecule has 24 heavy (non-hydrogen) atoms. The van der Waals surface area contributed by atoms with Crippen LogP contribution in [0, 0.1) is 0 Å². The van der Waals surface area contributed by atoms with Crippen LogP contribution in [-0.4, -0.2) is 46.0 Å². The van der Waals surface area contributed by atoms with Crippen LogP contribution in [-0.2, 0) is 0 Å². The molecular formula is C14H11NO9. The third-order valence-corrected chi connectivity index (χ3v) is 3.81. The Bertz CT molecular complexity index is 894. The molecule has 0 atom stereocenters. The van der Waals surface area contributed by atoms with Gasteiger partial charge in [-0.3, -0.25) is 0 Å². The largest absolute Gasteiger partial charge is 0.506 e. The van der Waals surface area contributed by atoms with E-state index in [1.165, 1.54) is 0 Å². The number of hydrogen-bond donors (Lipinski definition) is 10. The molecule has 10 nitrogen and oxygen atoms in total. The van der Waals surface area contributed by atoms with E-state index in [1.54, 1.807) is 0 Å². The summed E-state index contributed by atoms with van der Waals surface area (Å²) in [4.78, 5) is 0. The molecule has 0 radical (unpaired) electrons. The Hall–Kier alpha value is -3.82. The summed E-state index contributed by atoms with van der Waals surface area (Å²) in [5, 5.41) is 85.9. The number of hydrogen-bond acceptors (Lipinski definition) is 10. The van der Waals surface area contributed by atoms with Gasteiger partial charge in [0.2, 0.25) is 23.0 Å². The average molecular weight is 337 g/mol. The second kappa shape index (κ2) is 4.35. The van der Waals surface area contributed by atoms with Gasteiger partial charge in [0.1, 0.15) is 5.75 Å². The highest BCUT2D eigenvalue weighted by atomic mass is 16.4. The fourth-order valence-corrected chi connectivity index (χ4v) is 2.63. The van der Waals surface area contributed by atoms with E-state index in [4.69, 9.17) is 5.73 Å². The fraction of sp³-hybridized carbons (Fsp3) is 0. The molecule has 3 aromatic carbocycles. The molecule has 11 N–H and O–H groups in total. The van der Waals surface area contributed by atoms with Crippen molar-refractivity contribution in [2.45, 2.75) is 0 Å². The predicted molar refractivity (Wildman–Crippen MR) is 80.8 cm³/mol. The zero-order valence-electron chi connectivity index (χ0n) is 11.6. The number of anilines is 1. The first kappa shape index (κ1) is 15.1. The van der Waals surface area contributed by atoms with E-state index in [9.17, 15) is 46.0 Å². The van der Waals surface area contributed by atoms with Crippen LogP contribution < -0.4 is 5.73 Å². The van der Waals surface area contributed by atoms with Gasteiger partial charge in [0, 0.05) is 0 Å². The van der Waals surface area contributed by atoms with Crippen molar-refractivity contribution in [2.75, 3.05) is 5.73 Å². The zero-order chi connectivity index (χ0) is 18.1. The van der Waals surface area contributed by atoms with Gasteiger partial charge in [-0.15, -0.1) is 0 Å². The molecule has 0 saturated heterocycles. The van der Waals surface area contributed by atoms with Gasteiger partial charge in [-0.2, -0.15) is 0 Å². The Morgan fingerprint density at radius 1 is 0.333 bits per heavy atom. The van der Waals surface area contributed by atoms with Gasteiger partial charge in [-0.1, -0.05) is 0 Å². The average Bonchev–Trinajstić information content (AvgIpc) is 2.55. The molecule has 0 aromatic heterocycles. The zero-order valence-corrected chi connectivity index (χ0v) is 11.6. The van der Waals surface area contributed by atoms with Crippen LogP contribution in [0.2, 0.25) is 0 Å². The number of nitrogen functional groups attached to an aromatic ring is 1. The maximum Gasteiger partial charge on any atom is 0.205 e. The maximum atomic E-state index is 10.3. The lowest BCUT2D eigenvalue weighted by Gasteiger charge is -2.17. The standard InChI is InChI=1S/C14H11NO9/c15-5-1-3(9(19)13(23)11(21)7(1)17)6(16)4-2(5)8(18)12(22)14(24)10(4)20/h16-24H,15H2. The van der Waals surface area contributed by atoms with Crippen molar-refractivity contribution >= 4 is 27.2 Å². The second-order valence-electron chi connectivity index (χ2n) is 5.05. The van der Waals surface area contributed by atoms with E-state index in [1.807, 2.05) is 0 Å². The first-order valence-corrected chi connectivity index (χ1v) is 6.30. The number of aromatic hydroxyl groups is 9. The van der Waals surface area contributed by atoms with Gasteiger partial charge < -0.3 is 51.7 Å². The molecule has 3 rings (SSSR count). The Morgan fingerprint density at radius 2 is 0.583 bits per heavy atom. The summed E-state index contributed by atoms with van der Waals surface area (Å²) in [5.41, 5.74) is 5.20. The normalized spacial score (nSPS) is 11.3. The van der Waals surface area contributed by atoms with Crippen molar-refractivity contribution in [3.05, 3.63) is 0 Å². The molecule has 0 bridgehead atoms. The summed E-state index contributed by atoms with van der Waals surface area (Å²) >= 11 is 0. The number of phenols is 9. The Kier molecular flexibility index (Phi) is 2.73. The predicted octanol–water partition coefficient (Wildman–Crippen LogP) is 0.926. The molecular weight excluding hydrogens is 326 g/mol. The first-order valence-electron chi connectivity index (χ1n) is 6.30. The SMILES string of the molecule is Nc1c2c(O)c(O)c(O)c(O)c2c(O)c2c(O)c(O)c(O)c(O)c12. The van der Waals surface area contributed by atoms with Crippen molar-refractivity contribution in [1.82, 2.24) is 0 Å². The van der Waals surface area contributed by atoms with Crippen LogP contribution in [0.1, 0.15) is 0 Å². The van der Waals surface area contributed by atoms with Crippen LogP contribution in [0.25, 0.3) is 21.5 Å². The molecule has 0 aliphatic heterocycles. The topological polar surface area (TPSA) is 208 Å². The number of rotatable bonds is 0. The molecule has 0 heterocycles. The molecule has 0 aliphatic rings. The van der Waals surface area contributed by atoms with Crippen molar-refractivity contribution < 1.29 is 46.0 Å². The third kappa shape index (κ3) is 1.48. The summed E-state index contributed by atoms with van der Waals surface area (Å²) in [6.07, 6.45) is 0. The highest BCUT2D eigenvalue weighted by Gasteiger charge is 2.30. The molecule has 0 aliphatic carbocycles. The summed E-state index contributed by atoms with van der Waals surface area (Å²) in [5.74, 6) is -9.80. The van der Waals surface area contributed by atoms with Crippen molar-refractivity contribution in [1.29, 1.82) is 0 Å². The van der Waals surface area contributed by atoms with Gasteiger partial charge in [0.05, 0.1) is 27.2 Å². The molecule has 0 fully saturated rings. The third-order valence-electron chi connectivity index (χ3n) is 3.81. The van der Waals surface area contributed by atoms with Gasteiger partial charge in [0.15, 0.2) is 23.0 Å². The summed E-state index contributed by atoms with van der Waals surface area (Å²) < 4.78 is 0. The van der Waals surface area contributed by atoms with Crippen LogP contribution in [0.3, 0.4) is 0 Å². The van der Waals surface area contributed by atoms with Crippen LogP contribution in [0.5, 0.6) is 51.7 Å². The Balaban J connectivity index is 2.82. The van der Waals surface area contributed by atoms with Gasteiger partial charge in [0.25, 0.3) is 0 Å². The van der Waals surface area contributed by atoms with Gasteiger partial charge >= 0.3 is 0 Å². The minimum absolute atomic E-state index is 0.562. The van der Waals surface area contributed by atoms with Crippen LogP contribution in [0.4, 0.5) is 5.69 Å². The smallest absolute Gasteiger partial charge is 0.205 e. The number of benzene rings is 3. The van der Waals surface area contributed by atoms with Crippen molar-refractivity contribution in [3.63, 3.8) is 0 Å². The van der Waals surface area contributed by atoms with Gasteiger partial charge in [-0.05, 0) is 0 Å². The summed E-state index contributed by atoms with van der Waals surface area (Å²) in [7, 11) is 0. The van der Waals surface area contributed by atoms with Crippen molar-refractivity contribution in [2.24, 2.45) is 0 Å². The van der Waals surface area contributed by atoms with E-state index in [0.29, 0.717) is 0 Å². The summed E-state index contributed by atoms with van der Waals surface area (Å²) in [6, 6.07) is 0. The van der Waals surface area contributed by atoms with Gasteiger partial charge in [-0.25, -0.2) is 0 Å². The lowest BCUT2D eigenvalue weighted by Crippen LogP contribution is -1.94.